The summed E-state index contributed by atoms with van der Waals surface area (Å²) in [6.45, 7) is 1.65. The van der Waals surface area contributed by atoms with E-state index in [0.29, 0.717) is 6.04 Å². The van der Waals surface area contributed by atoms with Crippen LogP contribution in [0.3, 0.4) is 0 Å². The van der Waals surface area contributed by atoms with Gasteiger partial charge in [0.2, 0.25) is 0 Å². The highest BCUT2D eigenvalue weighted by Gasteiger charge is 2.18. The van der Waals surface area contributed by atoms with E-state index in [9.17, 15) is 0 Å². The van der Waals surface area contributed by atoms with Gasteiger partial charge in [-0.2, -0.15) is 0 Å². The second-order valence-corrected chi connectivity index (χ2v) is 3.91. The Balaban J connectivity index is 2.01. The lowest BCUT2D eigenvalue weighted by Crippen LogP contribution is -2.40. The van der Waals surface area contributed by atoms with Crippen LogP contribution in [-0.4, -0.2) is 19.3 Å². The molecule has 1 heterocycles. The molecule has 0 aromatic heterocycles. The van der Waals surface area contributed by atoms with Crippen LogP contribution >= 0.6 is 0 Å². The van der Waals surface area contributed by atoms with Crippen LogP contribution in [0.25, 0.3) is 10.8 Å². The minimum atomic E-state index is 0.482. The summed E-state index contributed by atoms with van der Waals surface area (Å²) in [5.74, 6) is 0. The van der Waals surface area contributed by atoms with E-state index in [1.54, 1.807) is 0 Å². The number of fused-ring (bicyclic) bond motifs is 1. The van der Waals surface area contributed by atoms with Crippen LogP contribution in [0.2, 0.25) is 0 Å². The maximum Gasteiger partial charge on any atom is 0.0728 e. The van der Waals surface area contributed by atoms with E-state index in [2.05, 4.69) is 47.8 Å². The Morgan fingerprint density at radius 3 is 2.60 bits per heavy atom. The largest absolute Gasteiger partial charge is 0.377 e. The molecule has 0 saturated carbocycles. The van der Waals surface area contributed by atoms with Gasteiger partial charge in [-0.05, 0) is 11.5 Å². The summed E-state index contributed by atoms with van der Waals surface area (Å²) < 4.78 is 5.16. The molecule has 1 N–H and O–H groups in total. The first kappa shape index (κ1) is 8.74. The summed E-state index contributed by atoms with van der Waals surface area (Å²) in [5.41, 5.74) is 1.21. The van der Waals surface area contributed by atoms with Gasteiger partial charge in [-0.3, -0.25) is 0 Å². The molecule has 3 rings (SSSR count). The highest BCUT2D eigenvalue weighted by Crippen LogP contribution is 2.24. The van der Waals surface area contributed by atoms with Crippen molar-refractivity contribution >= 4 is 16.5 Å². The summed E-state index contributed by atoms with van der Waals surface area (Å²) in [6, 6.07) is 15.3. The molecule has 76 valence electrons. The van der Waals surface area contributed by atoms with Crippen molar-refractivity contribution in [3.63, 3.8) is 0 Å². The molecule has 1 aliphatic heterocycles. The standard InChI is InChI=1S/C13H13NO/c1-2-6-12-10(4-1)5-3-7-13(12)14-11-8-15-9-11/h1-7,11,14H,8-9H2. The van der Waals surface area contributed by atoms with Crippen molar-refractivity contribution < 1.29 is 4.74 Å². The second kappa shape index (κ2) is 3.55. The molecule has 2 heteroatoms. The Kier molecular flexibility index (Phi) is 2.07. The van der Waals surface area contributed by atoms with Crippen LogP contribution in [0, 0.1) is 0 Å². The topological polar surface area (TPSA) is 21.3 Å². The van der Waals surface area contributed by atoms with Crippen molar-refractivity contribution in [2.24, 2.45) is 0 Å². The van der Waals surface area contributed by atoms with Gasteiger partial charge < -0.3 is 10.1 Å². The minimum Gasteiger partial charge on any atom is -0.377 e. The van der Waals surface area contributed by atoms with E-state index in [1.165, 1.54) is 16.5 Å². The first-order valence-corrected chi connectivity index (χ1v) is 5.25. The molecule has 1 fully saturated rings. The lowest BCUT2D eigenvalue weighted by Gasteiger charge is -2.28. The van der Waals surface area contributed by atoms with Crippen LogP contribution in [0.4, 0.5) is 5.69 Å². The number of anilines is 1. The fourth-order valence-corrected chi connectivity index (χ4v) is 1.89. The molecule has 0 unspecified atom stereocenters. The number of hydrogen-bond acceptors (Lipinski definition) is 2. The molecule has 1 saturated heterocycles. The quantitative estimate of drug-likeness (QED) is 0.802. The average molecular weight is 199 g/mol. The normalized spacial score (nSPS) is 16.3. The predicted molar refractivity (Wildman–Crippen MR) is 62.2 cm³/mol. The zero-order valence-corrected chi connectivity index (χ0v) is 8.44. The number of hydrogen-bond donors (Lipinski definition) is 1. The van der Waals surface area contributed by atoms with E-state index >= 15 is 0 Å². The average Bonchev–Trinajstić information content (AvgIpc) is 2.23. The van der Waals surface area contributed by atoms with Crippen molar-refractivity contribution in [2.75, 3.05) is 18.5 Å². The maximum atomic E-state index is 5.16. The maximum absolute atomic E-state index is 5.16. The third-order valence-electron chi connectivity index (χ3n) is 2.79. The van der Waals surface area contributed by atoms with Crippen LogP contribution in [0.1, 0.15) is 0 Å². The molecule has 0 bridgehead atoms. The van der Waals surface area contributed by atoms with Gasteiger partial charge >= 0.3 is 0 Å². The van der Waals surface area contributed by atoms with Gasteiger partial charge in [0.1, 0.15) is 0 Å². The smallest absolute Gasteiger partial charge is 0.0728 e. The van der Waals surface area contributed by atoms with Crippen LogP contribution in [0.15, 0.2) is 42.5 Å². The number of nitrogens with one attached hydrogen (secondary N) is 1. The molecule has 0 atom stereocenters. The Morgan fingerprint density at radius 2 is 1.80 bits per heavy atom. The Hall–Kier alpha value is -1.54. The SMILES string of the molecule is c1ccc2c(NC3COC3)cccc2c1. The van der Waals surface area contributed by atoms with Crippen molar-refractivity contribution in [3.8, 4) is 0 Å². The Morgan fingerprint density at radius 1 is 1.00 bits per heavy atom. The number of ether oxygens (including phenoxy) is 1. The van der Waals surface area contributed by atoms with E-state index in [1.807, 2.05) is 0 Å². The van der Waals surface area contributed by atoms with Crippen LogP contribution < -0.4 is 5.32 Å². The first-order valence-electron chi connectivity index (χ1n) is 5.25. The second-order valence-electron chi connectivity index (χ2n) is 3.91. The van der Waals surface area contributed by atoms with E-state index < -0.39 is 0 Å². The fourth-order valence-electron chi connectivity index (χ4n) is 1.89. The van der Waals surface area contributed by atoms with Gasteiger partial charge in [-0.1, -0.05) is 36.4 Å². The highest BCUT2D eigenvalue weighted by molar-refractivity contribution is 5.93. The molecule has 2 nitrogen and oxygen atoms in total. The van der Waals surface area contributed by atoms with Gasteiger partial charge in [0, 0.05) is 11.1 Å². The summed E-state index contributed by atoms with van der Waals surface area (Å²) in [5, 5.41) is 6.06. The Bertz CT molecular complexity index is 471. The summed E-state index contributed by atoms with van der Waals surface area (Å²) in [6.07, 6.45) is 0. The van der Waals surface area contributed by atoms with Gasteiger partial charge in [0.05, 0.1) is 19.3 Å². The summed E-state index contributed by atoms with van der Waals surface area (Å²) >= 11 is 0. The van der Waals surface area contributed by atoms with Crippen molar-refractivity contribution in [1.82, 2.24) is 0 Å². The van der Waals surface area contributed by atoms with Crippen molar-refractivity contribution in [3.05, 3.63) is 42.5 Å². The van der Waals surface area contributed by atoms with E-state index in [4.69, 9.17) is 4.74 Å². The van der Waals surface area contributed by atoms with Gasteiger partial charge in [0.15, 0.2) is 0 Å². The monoisotopic (exact) mass is 199 g/mol. The molecule has 15 heavy (non-hydrogen) atoms. The molecule has 0 amide bonds. The molecule has 2 aromatic carbocycles. The Labute approximate surface area is 88.9 Å². The fraction of sp³-hybridized carbons (Fsp3) is 0.231. The third-order valence-corrected chi connectivity index (χ3v) is 2.79. The van der Waals surface area contributed by atoms with Gasteiger partial charge in [-0.25, -0.2) is 0 Å². The van der Waals surface area contributed by atoms with Crippen molar-refractivity contribution in [2.45, 2.75) is 6.04 Å². The number of rotatable bonds is 2. The first-order chi connectivity index (χ1) is 7.43. The van der Waals surface area contributed by atoms with Crippen LogP contribution in [0.5, 0.6) is 0 Å². The highest BCUT2D eigenvalue weighted by atomic mass is 16.5. The number of benzene rings is 2. The lowest BCUT2D eigenvalue weighted by molar-refractivity contribution is 0.0211. The van der Waals surface area contributed by atoms with Crippen molar-refractivity contribution in [1.29, 1.82) is 0 Å². The predicted octanol–water partition coefficient (Wildman–Crippen LogP) is 2.65. The summed E-state index contributed by atoms with van der Waals surface area (Å²) in [7, 11) is 0. The summed E-state index contributed by atoms with van der Waals surface area (Å²) in [4.78, 5) is 0. The molecular weight excluding hydrogens is 186 g/mol. The van der Waals surface area contributed by atoms with E-state index in [0.717, 1.165) is 13.2 Å². The zero-order chi connectivity index (χ0) is 10.1. The molecule has 1 aliphatic rings. The molecular formula is C13H13NO. The third kappa shape index (κ3) is 1.57. The molecule has 0 aliphatic carbocycles. The van der Waals surface area contributed by atoms with Crippen LogP contribution in [-0.2, 0) is 4.74 Å². The minimum absolute atomic E-state index is 0.482. The zero-order valence-electron chi connectivity index (χ0n) is 8.44. The van der Waals surface area contributed by atoms with Gasteiger partial charge in [0.25, 0.3) is 0 Å². The molecule has 2 aromatic rings. The van der Waals surface area contributed by atoms with Gasteiger partial charge in [-0.15, -0.1) is 0 Å². The van der Waals surface area contributed by atoms with E-state index in [-0.39, 0.29) is 0 Å². The molecule has 0 radical (unpaired) electrons. The lowest BCUT2D eigenvalue weighted by atomic mass is 10.1. The molecule has 0 spiro atoms.